The number of aromatic nitrogens is 3. The van der Waals surface area contributed by atoms with Crippen LogP contribution in [0.5, 0.6) is 0 Å². The van der Waals surface area contributed by atoms with Crippen molar-refractivity contribution >= 4 is 5.82 Å². The predicted octanol–water partition coefficient (Wildman–Crippen LogP) is -0.688. The average Bonchev–Trinajstić information content (AvgIpc) is 2.31. The van der Waals surface area contributed by atoms with E-state index in [9.17, 15) is 0 Å². The average molecular weight is 142 g/mol. The first-order valence-electron chi connectivity index (χ1n) is 3.11. The Kier molecular flexibility index (Phi) is 2.22. The van der Waals surface area contributed by atoms with Gasteiger partial charge in [0.1, 0.15) is 0 Å². The maximum atomic E-state index is 8.46. The van der Waals surface area contributed by atoms with Gasteiger partial charge in [0.2, 0.25) is 0 Å². The highest BCUT2D eigenvalue weighted by Gasteiger charge is 2.00. The van der Waals surface area contributed by atoms with Crippen LogP contribution in [0.1, 0.15) is 12.1 Å². The zero-order valence-corrected chi connectivity index (χ0v) is 5.54. The summed E-state index contributed by atoms with van der Waals surface area (Å²) in [5.41, 5.74) is 6.19. The molecule has 1 aromatic heterocycles. The summed E-state index contributed by atoms with van der Waals surface area (Å²) < 4.78 is 0. The van der Waals surface area contributed by atoms with Crippen LogP contribution < -0.4 is 5.73 Å². The van der Waals surface area contributed by atoms with Crippen LogP contribution in [0.4, 0.5) is 5.82 Å². The molecule has 0 aliphatic carbocycles. The van der Waals surface area contributed by atoms with Crippen LogP contribution in [0.15, 0.2) is 0 Å². The second kappa shape index (κ2) is 3.17. The summed E-state index contributed by atoms with van der Waals surface area (Å²) in [4.78, 5) is 0. The Labute approximate surface area is 58.2 Å². The number of aliphatic hydroxyl groups excluding tert-OH is 1. The van der Waals surface area contributed by atoms with Crippen molar-refractivity contribution in [2.75, 3.05) is 12.3 Å². The molecular formula is C5H10N4O. The normalized spacial score (nSPS) is 10.1. The van der Waals surface area contributed by atoms with Gasteiger partial charge in [0.15, 0.2) is 5.82 Å². The van der Waals surface area contributed by atoms with Gasteiger partial charge >= 0.3 is 0 Å². The van der Waals surface area contributed by atoms with Crippen molar-refractivity contribution in [2.24, 2.45) is 0 Å². The Morgan fingerprint density at radius 2 is 2.40 bits per heavy atom. The van der Waals surface area contributed by atoms with Crippen molar-refractivity contribution in [3.05, 3.63) is 5.69 Å². The smallest absolute Gasteiger partial charge is 0.168 e. The van der Waals surface area contributed by atoms with Gasteiger partial charge in [-0.15, -0.1) is 5.10 Å². The Balaban J connectivity index is 2.49. The molecule has 0 fully saturated rings. The molecule has 10 heavy (non-hydrogen) atoms. The molecule has 0 unspecified atom stereocenters. The van der Waals surface area contributed by atoms with E-state index in [2.05, 4.69) is 15.4 Å². The third-order valence-corrected chi connectivity index (χ3v) is 1.24. The van der Waals surface area contributed by atoms with E-state index in [1.54, 1.807) is 0 Å². The summed E-state index contributed by atoms with van der Waals surface area (Å²) in [6.45, 7) is 0.165. The zero-order chi connectivity index (χ0) is 7.40. The molecule has 0 radical (unpaired) electrons. The molecule has 5 heteroatoms. The number of nitrogens with two attached hydrogens (primary N) is 1. The number of aromatic amines is 1. The number of anilines is 1. The Hall–Kier alpha value is -1.10. The monoisotopic (exact) mass is 142 g/mol. The van der Waals surface area contributed by atoms with E-state index in [4.69, 9.17) is 10.8 Å². The van der Waals surface area contributed by atoms with Crippen molar-refractivity contribution < 1.29 is 5.11 Å². The Bertz CT molecular complexity index is 197. The van der Waals surface area contributed by atoms with Crippen LogP contribution in [0.25, 0.3) is 0 Å². The molecule has 5 nitrogen and oxygen atoms in total. The molecule has 1 heterocycles. The van der Waals surface area contributed by atoms with E-state index >= 15 is 0 Å². The molecule has 0 saturated heterocycles. The standard InChI is InChI=1S/C5H10N4O/c6-5-4(2-1-3-10)7-9-8-5/h10H,1-3H2,(H3,6,7,8,9). The SMILES string of the molecule is Nc1nn[nH]c1CCCO. The van der Waals surface area contributed by atoms with Crippen molar-refractivity contribution in [3.63, 3.8) is 0 Å². The number of nitrogens with zero attached hydrogens (tertiary/aromatic N) is 2. The van der Waals surface area contributed by atoms with Gasteiger partial charge < -0.3 is 10.8 Å². The quantitative estimate of drug-likeness (QED) is 0.521. The number of hydrogen-bond acceptors (Lipinski definition) is 4. The second-order valence-electron chi connectivity index (χ2n) is 2.00. The first-order valence-corrected chi connectivity index (χ1v) is 3.11. The molecule has 0 spiro atoms. The highest BCUT2D eigenvalue weighted by atomic mass is 16.2. The Morgan fingerprint density at radius 3 is 2.90 bits per heavy atom. The van der Waals surface area contributed by atoms with Crippen LogP contribution in [-0.4, -0.2) is 27.1 Å². The first kappa shape index (κ1) is 7.01. The summed E-state index contributed by atoms with van der Waals surface area (Å²) in [6, 6.07) is 0. The van der Waals surface area contributed by atoms with Crippen molar-refractivity contribution in [2.45, 2.75) is 12.8 Å². The minimum absolute atomic E-state index is 0.165. The van der Waals surface area contributed by atoms with Crippen LogP contribution in [0, 0.1) is 0 Å². The highest BCUT2D eigenvalue weighted by molar-refractivity contribution is 5.31. The lowest BCUT2D eigenvalue weighted by Gasteiger charge is -1.92. The number of H-pyrrole nitrogens is 1. The maximum absolute atomic E-state index is 8.46. The number of nitrogens with one attached hydrogen (secondary N) is 1. The molecule has 0 aliphatic heterocycles. The number of hydrogen-bond donors (Lipinski definition) is 3. The van der Waals surface area contributed by atoms with Crippen molar-refractivity contribution in [1.29, 1.82) is 0 Å². The third-order valence-electron chi connectivity index (χ3n) is 1.24. The molecule has 0 bridgehead atoms. The van der Waals surface area contributed by atoms with Gasteiger partial charge in [0, 0.05) is 6.61 Å². The summed E-state index contributed by atoms with van der Waals surface area (Å²) in [5.74, 6) is 0.424. The number of rotatable bonds is 3. The number of nitrogen functional groups attached to an aromatic ring is 1. The van der Waals surface area contributed by atoms with Crippen molar-refractivity contribution in [3.8, 4) is 0 Å². The highest BCUT2D eigenvalue weighted by Crippen LogP contribution is 2.03. The molecule has 4 N–H and O–H groups in total. The number of aliphatic hydroxyl groups is 1. The predicted molar refractivity (Wildman–Crippen MR) is 36.2 cm³/mol. The lowest BCUT2D eigenvalue weighted by Crippen LogP contribution is -1.95. The van der Waals surface area contributed by atoms with Gasteiger partial charge in [-0.25, -0.2) is 0 Å². The molecule has 0 saturated carbocycles. The lowest BCUT2D eigenvalue weighted by atomic mass is 10.2. The topological polar surface area (TPSA) is 87.8 Å². The molecular weight excluding hydrogens is 132 g/mol. The lowest BCUT2D eigenvalue weighted by molar-refractivity contribution is 0.288. The molecule has 0 atom stereocenters. The van der Waals surface area contributed by atoms with Gasteiger partial charge in [-0.05, 0) is 12.8 Å². The third kappa shape index (κ3) is 1.44. The summed E-state index contributed by atoms with van der Waals surface area (Å²) in [7, 11) is 0. The number of aryl methyl sites for hydroxylation is 1. The van der Waals surface area contributed by atoms with Crippen LogP contribution in [0.2, 0.25) is 0 Å². The van der Waals surface area contributed by atoms with Gasteiger partial charge in [-0.2, -0.15) is 0 Å². The van der Waals surface area contributed by atoms with Crippen LogP contribution >= 0.6 is 0 Å². The Morgan fingerprint density at radius 1 is 1.60 bits per heavy atom. The van der Waals surface area contributed by atoms with Gasteiger partial charge in [0.05, 0.1) is 5.69 Å². The maximum Gasteiger partial charge on any atom is 0.168 e. The zero-order valence-electron chi connectivity index (χ0n) is 5.54. The van der Waals surface area contributed by atoms with Gasteiger partial charge in [-0.3, -0.25) is 5.10 Å². The molecule has 1 rings (SSSR count). The summed E-state index contributed by atoms with van der Waals surface area (Å²) >= 11 is 0. The van der Waals surface area contributed by atoms with E-state index in [0.717, 1.165) is 5.69 Å². The van der Waals surface area contributed by atoms with Crippen molar-refractivity contribution in [1.82, 2.24) is 15.4 Å². The van der Waals surface area contributed by atoms with E-state index in [1.165, 1.54) is 0 Å². The molecule has 0 amide bonds. The molecule has 56 valence electrons. The minimum atomic E-state index is 0.165. The van der Waals surface area contributed by atoms with Crippen LogP contribution in [-0.2, 0) is 6.42 Å². The van der Waals surface area contributed by atoms with Gasteiger partial charge in [0.25, 0.3) is 0 Å². The van der Waals surface area contributed by atoms with Gasteiger partial charge in [-0.1, -0.05) is 5.21 Å². The fourth-order valence-electron chi connectivity index (χ4n) is 0.697. The largest absolute Gasteiger partial charge is 0.396 e. The summed E-state index contributed by atoms with van der Waals surface area (Å²) in [6.07, 6.45) is 1.39. The van der Waals surface area contributed by atoms with E-state index in [1.807, 2.05) is 0 Å². The first-order chi connectivity index (χ1) is 4.84. The fourth-order valence-corrected chi connectivity index (χ4v) is 0.697. The second-order valence-corrected chi connectivity index (χ2v) is 2.00. The van der Waals surface area contributed by atoms with E-state index in [0.29, 0.717) is 18.7 Å². The minimum Gasteiger partial charge on any atom is -0.396 e. The van der Waals surface area contributed by atoms with Crippen LogP contribution in [0.3, 0.4) is 0 Å². The fraction of sp³-hybridized carbons (Fsp3) is 0.600. The summed E-state index contributed by atoms with van der Waals surface area (Å²) in [5, 5.41) is 18.2. The van der Waals surface area contributed by atoms with E-state index in [-0.39, 0.29) is 6.61 Å². The molecule has 1 aromatic rings. The van der Waals surface area contributed by atoms with E-state index < -0.39 is 0 Å². The molecule has 0 aliphatic rings. The molecule has 0 aromatic carbocycles.